The molecule has 2 heterocycles. The topological polar surface area (TPSA) is 32.7 Å². The van der Waals surface area contributed by atoms with Crippen LogP contribution in [0.1, 0.15) is 19.3 Å². The third-order valence-electron chi connectivity index (χ3n) is 3.00. The summed E-state index contributed by atoms with van der Waals surface area (Å²) in [4.78, 5) is 2.42. The van der Waals surface area contributed by atoms with Crippen molar-refractivity contribution in [3.8, 4) is 0 Å². The van der Waals surface area contributed by atoms with E-state index in [1.807, 2.05) is 0 Å². The van der Waals surface area contributed by atoms with E-state index in [1.54, 1.807) is 0 Å². The highest BCUT2D eigenvalue weighted by atomic mass is 16.5. The van der Waals surface area contributed by atoms with Gasteiger partial charge in [0.25, 0.3) is 0 Å². The Kier molecular flexibility index (Phi) is 2.63. The molecule has 3 nitrogen and oxygen atoms in total. The zero-order chi connectivity index (χ0) is 8.39. The first-order chi connectivity index (χ1) is 5.92. The number of nitrogens with zero attached hydrogens (tertiary/aromatic N) is 1. The van der Waals surface area contributed by atoms with Crippen LogP contribution >= 0.6 is 0 Å². The molecule has 12 heavy (non-hydrogen) atoms. The molecule has 0 spiro atoms. The molecule has 0 saturated carbocycles. The molecule has 0 aromatic heterocycles. The minimum Gasteiger partial charge on any atom is -0.395 e. The van der Waals surface area contributed by atoms with Gasteiger partial charge < -0.3 is 9.84 Å². The van der Waals surface area contributed by atoms with Crippen molar-refractivity contribution in [2.24, 2.45) is 0 Å². The van der Waals surface area contributed by atoms with Gasteiger partial charge in [-0.25, -0.2) is 0 Å². The lowest BCUT2D eigenvalue weighted by Gasteiger charge is -2.26. The smallest absolute Gasteiger partial charge is 0.0621 e. The summed E-state index contributed by atoms with van der Waals surface area (Å²) >= 11 is 0. The maximum atomic E-state index is 9.11. The molecule has 0 aromatic carbocycles. The van der Waals surface area contributed by atoms with Gasteiger partial charge >= 0.3 is 0 Å². The maximum absolute atomic E-state index is 9.11. The minimum absolute atomic E-state index is 0.316. The molecule has 3 heteroatoms. The summed E-state index contributed by atoms with van der Waals surface area (Å²) in [5.74, 6) is 0. The standard InChI is InChI=1S/C9H17NO2/c11-6-8-2-3-9-7-12-5-1-4-10(8)9/h8-9,11H,1-7H2/t8-,9-/m0/s1. The van der Waals surface area contributed by atoms with Crippen LogP contribution in [0.15, 0.2) is 0 Å². The first-order valence-corrected chi connectivity index (χ1v) is 4.86. The Bertz CT molecular complexity index is 151. The van der Waals surface area contributed by atoms with E-state index in [9.17, 15) is 0 Å². The molecule has 0 radical (unpaired) electrons. The van der Waals surface area contributed by atoms with Crippen molar-refractivity contribution >= 4 is 0 Å². The third-order valence-corrected chi connectivity index (χ3v) is 3.00. The van der Waals surface area contributed by atoms with E-state index in [0.29, 0.717) is 18.7 Å². The van der Waals surface area contributed by atoms with Gasteiger partial charge in [0.2, 0.25) is 0 Å². The zero-order valence-corrected chi connectivity index (χ0v) is 7.41. The van der Waals surface area contributed by atoms with Crippen LogP contribution in [0.4, 0.5) is 0 Å². The van der Waals surface area contributed by atoms with E-state index in [0.717, 1.165) is 32.6 Å². The molecule has 2 aliphatic heterocycles. The monoisotopic (exact) mass is 171 g/mol. The molecular formula is C9H17NO2. The number of ether oxygens (including phenoxy) is 1. The van der Waals surface area contributed by atoms with E-state index in [1.165, 1.54) is 6.42 Å². The molecule has 2 atom stereocenters. The van der Waals surface area contributed by atoms with E-state index in [4.69, 9.17) is 9.84 Å². The first kappa shape index (κ1) is 8.48. The van der Waals surface area contributed by atoms with Gasteiger partial charge in [0, 0.05) is 25.2 Å². The Morgan fingerprint density at radius 3 is 3.17 bits per heavy atom. The molecule has 2 rings (SSSR count). The lowest BCUT2D eigenvalue weighted by Crippen LogP contribution is -2.39. The molecule has 0 bridgehead atoms. The second-order valence-electron chi connectivity index (χ2n) is 3.73. The summed E-state index contributed by atoms with van der Waals surface area (Å²) in [6.45, 7) is 3.19. The van der Waals surface area contributed by atoms with Crippen molar-refractivity contribution < 1.29 is 9.84 Å². The fourth-order valence-electron chi connectivity index (χ4n) is 2.32. The van der Waals surface area contributed by atoms with Crippen molar-refractivity contribution in [3.63, 3.8) is 0 Å². The molecule has 0 amide bonds. The number of fused-ring (bicyclic) bond motifs is 1. The largest absolute Gasteiger partial charge is 0.395 e. The number of rotatable bonds is 1. The van der Waals surface area contributed by atoms with Crippen LogP contribution in [0, 0.1) is 0 Å². The van der Waals surface area contributed by atoms with Gasteiger partial charge in [-0.15, -0.1) is 0 Å². The van der Waals surface area contributed by atoms with Crippen molar-refractivity contribution in [2.45, 2.75) is 31.3 Å². The highest BCUT2D eigenvalue weighted by Crippen LogP contribution is 2.25. The summed E-state index contributed by atoms with van der Waals surface area (Å²) in [7, 11) is 0. The highest BCUT2D eigenvalue weighted by Gasteiger charge is 2.33. The van der Waals surface area contributed by atoms with Gasteiger partial charge in [-0.05, 0) is 19.3 Å². The van der Waals surface area contributed by atoms with E-state index < -0.39 is 0 Å². The number of aliphatic hydroxyl groups is 1. The summed E-state index contributed by atoms with van der Waals surface area (Å²) in [5.41, 5.74) is 0. The summed E-state index contributed by atoms with van der Waals surface area (Å²) in [6, 6.07) is 1.00. The van der Waals surface area contributed by atoms with Crippen molar-refractivity contribution in [1.82, 2.24) is 4.90 Å². The zero-order valence-electron chi connectivity index (χ0n) is 7.41. The van der Waals surface area contributed by atoms with Gasteiger partial charge in [0.05, 0.1) is 13.2 Å². The number of aliphatic hydroxyl groups excluding tert-OH is 1. The average Bonchev–Trinajstić information content (AvgIpc) is 2.33. The average molecular weight is 171 g/mol. The van der Waals surface area contributed by atoms with E-state index >= 15 is 0 Å². The van der Waals surface area contributed by atoms with Crippen molar-refractivity contribution in [1.29, 1.82) is 0 Å². The molecule has 0 unspecified atom stereocenters. The molecule has 70 valence electrons. The highest BCUT2D eigenvalue weighted by molar-refractivity contribution is 4.88. The van der Waals surface area contributed by atoms with Gasteiger partial charge in [-0.1, -0.05) is 0 Å². The lowest BCUT2D eigenvalue weighted by molar-refractivity contribution is 0.0942. The normalized spacial score (nSPS) is 37.8. The molecule has 2 fully saturated rings. The Balaban J connectivity index is 1.99. The Labute approximate surface area is 73.3 Å². The summed E-state index contributed by atoms with van der Waals surface area (Å²) < 4.78 is 5.48. The maximum Gasteiger partial charge on any atom is 0.0621 e. The number of hydrogen-bond acceptors (Lipinski definition) is 3. The molecule has 0 aliphatic carbocycles. The van der Waals surface area contributed by atoms with Gasteiger partial charge in [0.1, 0.15) is 0 Å². The van der Waals surface area contributed by atoms with Crippen LogP contribution in [0.3, 0.4) is 0 Å². The van der Waals surface area contributed by atoms with Gasteiger partial charge in [-0.3, -0.25) is 4.90 Å². The number of hydrogen-bond donors (Lipinski definition) is 1. The second-order valence-corrected chi connectivity index (χ2v) is 3.73. The van der Waals surface area contributed by atoms with Crippen LogP contribution in [-0.4, -0.2) is 48.5 Å². The van der Waals surface area contributed by atoms with Gasteiger partial charge in [-0.2, -0.15) is 0 Å². The van der Waals surface area contributed by atoms with Crippen molar-refractivity contribution in [3.05, 3.63) is 0 Å². The predicted octanol–water partition coefficient (Wildman–Crippen LogP) is 0.232. The summed E-state index contributed by atoms with van der Waals surface area (Å²) in [6.07, 6.45) is 3.46. The van der Waals surface area contributed by atoms with Crippen LogP contribution < -0.4 is 0 Å². The predicted molar refractivity (Wildman–Crippen MR) is 46.0 cm³/mol. The molecule has 0 aromatic rings. The van der Waals surface area contributed by atoms with Crippen LogP contribution in [0.5, 0.6) is 0 Å². The molecular weight excluding hydrogens is 154 g/mol. The Hall–Kier alpha value is -0.120. The second kappa shape index (κ2) is 3.73. The van der Waals surface area contributed by atoms with Crippen LogP contribution in [0.25, 0.3) is 0 Å². The fraction of sp³-hybridized carbons (Fsp3) is 1.00. The SMILES string of the molecule is OC[C@@H]1CC[C@H]2COCCCN12. The third kappa shape index (κ3) is 1.49. The minimum atomic E-state index is 0.316. The first-order valence-electron chi connectivity index (χ1n) is 4.86. The molecule has 2 saturated heterocycles. The van der Waals surface area contributed by atoms with Crippen LogP contribution in [-0.2, 0) is 4.74 Å². The fourth-order valence-corrected chi connectivity index (χ4v) is 2.32. The van der Waals surface area contributed by atoms with Crippen LogP contribution in [0.2, 0.25) is 0 Å². The van der Waals surface area contributed by atoms with Gasteiger partial charge in [0.15, 0.2) is 0 Å². The lowest BCUT2D eigenvalue weighted by atomic mass is 10.2. The van der Waals surface area contributed by atoms with E-state index in [-0.39, 0.29) is 0 Å². The Morgan fingerprint density at radius 2 is 2.33 bits per heavy atom. The quantitative estimate of drug-likeness (QED) is 0.613. The molecule has 2 aliphatic rings. The van der Waals surface area contributed by atoms with E-state index in [2.05, 4.69) is 4.90 Å². The van der Waals surface area contributed by atoms with Crippen molar-refractivity contribution in [2.75, 3.05) is 26.4 Å². The molecule has 1 N–H and O–H groups in total. The summed E-state index contributed by atoms with van der Waals surface area (Å²) in [5, 5.41) is 9.11. The Morgan fingerprint density at radius 1 is 1.42 bits per heavy atom.